The SMILES string of the molecule is C=CC[C@H](O)[C@@H](O[Si](C)(C)C(C)(C)C)[C@@H](O[Si](C)(C)C(C)(C)C)[C@]12COC(=O)[C@@]1([C@H](O)C(=O)OC)OCO2. The van der Waals surface area contributed by atoms with Crippen LogP contribution in [0.4, 0.5) is 0 Å². The number of esters is 2. The van der Waals surface area contributed by atoms with Gasteiger partial charge in [0.2, 0.25) is 5.60 Å². The predicted molar refractivity (Wildman–Crippen MR) is 146 cm³/mol. The van der Waals surface area contributed by atoms with Crippen molar-refractivity contribution in [3.8, 4) is 0 Å². The average Bonchev–Trinajstić information content (AvgIpc) is 3.30. The maximum Gasteiger partial charge on any atom is 0.345 e. The van der Waals surface area contributed by atoms with Crippen molar-refractivity contribution < 1.29 is 47.6 Å². The number of carbonyl (C=O) groups is 2. The van der Waals surface area contributed by atoms with Crippen molar-refractivity contribution in [3.63, 3.8) is 0 Å². The van der Waals surface area contributed by atoms with E-state index in [2.05, 4.69) is 48.1 Å². The molecule has 0 aromatic carbocycles. The van der Waals surface area contributed by atoms with Crippen LogP contribution in [-0.4, -0.2) is 94.9 Å². The highest BCUT2D eigenvalue weighted by Gasteiger charge is 2.79. The van der Waals surface area contributed by atoms with Crippen LogP contribution in [0.25, 0.3) is 0 Å². The summed E-state index contributed by atoms with van der Waals surface area (Å²) in [6.07, 6.45) is -3.65. The molecule has 2 rings (SSSR count). The number of cyclic esters (lactones) is 1. The predicted octanol–water partition coefficient (Wildman–Crippen LogP) is 3.28. The second-order valence-corrected chi connectivity index (χ2v) is 22.8. The first-order valence-electron chi connectivity index (χ1n) is 13.0. The van der Waals surface area contributed by atoms with Crippen molar-refractivity contribution in [2.24, 2.45) is 0 Å². The number of rotatable bonds is 11. The van der Waals surface area contributed by atoms with Crippen LogP contribution in [0, 0.1) is 0 Å². The fourth-order valence-corrected chi connectivity index (χ4v) is 6.91. The molecule has 0 radical (unpaired) electrons. The Balaban J connectivity index is 2.86. The lowest BCUT2D eigenvalue weighted by molar-refractivity contribution is -0.195. The van der Waals surface area contributed by atoms with Gasteiger partial charge in [0.25, 0.3) is 0 Å². The summed E-state index contributed by atoms with van der Waals surface area (Å²) in [5.41, 5.74) is -4.10. The smallest absolute Gasteiger partial charge is 0.345 e. The van der Waals surface area contributed by atoms with E-state index >= 15 is 0 Å². The minimum Gasteiger partial charge on any atom is -0.467 e. The Morgan fingerprint density at radius 1 is 1.05 bits per heavy atom. The van der Waals surface area contributed by atoms with Gasteiger partial charge >= 0.3 is 11.9 Å². The van der Waals surface area contributed by atoms with Crippen molar-refractivity contribution in [2.75, 3.05) is 20.5 Å². The van der Waals surface area contributed by atoms with E-state index in [0.29, 0.717) is 0 Å². The number of carbonyl (C=O) groups excluding carboxylic acids is 2. The first kappa shape index (κ1) is 33.1. The van der Waals surface area contributed by atoms with Gasteiger partial charge in [-0.3, -0.25) is 0 Å². The van der Waals surface area contributed by atoms with Gasteiger partial charge in [0.15, 0.2) is 28.3 Å². The molecule has 0 aliphatic carbocycles. The lowest BCUT2D eigenvalue weighted by atomic mass is 9.74. The first-order chi connectivity index (χ1) is 17.1. The summed E-state index contributed by atoms with van der Waals surface area (Å²) in [5.74, 6) is -2.06. The molecule has 10 nitrogen and oxygen atoms in total. The number of fused-ring (bicyclic) bond motifs is 1. The van der Waals surface area contributed by atoms with E-state index in [1.165, 1.54) is 0 Å². The zero-order valence-corrected chi connectivity index (χ0v) is 26.9. The number of methoxy groups -OCH3 is 1. The minimum atomic E-state index is -2.68. The van der Waals surface area contributed by atoms with E-state index in [9.17, 15) is 19.8 Å². The van der Waals surface area contributed by atoms with Crippen LogP contribution in [0.15, 0.2) is 12.7 Å². The molecule has 0 unspecified atom stereocenters. The van der Waals surface area contributed by atoms with Crippen molar-refractivity contribution >= 4 is 28.6 Å². The maximum absolute atomic E-state index is 13.3. The van der Waals surface area contributed by atoms with Gasteiger partial charge in [-0.1, -0.05) is 47.6 Å². The van der Waals surface area contributed by atoms with Gasteiger partial charge in [-0.15, -0.1) is 6.58 Å². The molecule has 2 fully saturated rings. The van der Waals surface area contributed by atoms with Gasteiger partial charge in [-0.25, -0.2) is 9.59 Å². The monoisotopic (exact) mass is 576 g/mol. The van der Waals surface area contributed by atoms with Crippen molar-refractivity contribution in [1.29, 1.82) is 0 Å². The lowest BCUT2D eigenvalue weighted by Crippen LogP contribution is -2.73. The molecule has 2 saturated heterocycles. The molecular weight excluding hydrogens is 528 g/mol. The molecule has 6 atom stereocenters. The Kier molecular flexibility index (Phi) is 9.61. The van der Waals surface area contributed by atoms with Gasteiger partial charge in [0.1, 0.15) is 19.5 Å². The quantitative estimate of drug-likeness (QED) is 0.215. The van der Waals surface area contributed by atoms with Crippen LogP contribution < -0.4 is 0 Å². The fraction of sp³-hybridized carbons (Fsp3) is 0.846. The molecule has 0 bridgehead atoms. The maximum atomic E-state index is 13.3. The first-order valence-corrected chi connectivity index (χ1v) is 18.8. The van der Waals surface area contributed by atoms with E-state index in [4.69, 9.17) is 27.8 Å². The van der Waals surface area contributed by atoms with Crippen molar-refractivity contribution in [2.45, 2.75) is 120 Å². The van der Waals surface area contributed by atoms with Gasteiger partial charge < -0.3 is 38.0 Å². The highest BCUT2D eigenvalue weighted by molar-refractivity contribution is 6.74. The van der Waals surface area contributed by atoms with Crippen molar-refractivity contribution in [1.82, 2.24) is 0 Å². The summed E-state index contributed by atoms with van der Waals surface area (Å²) in [6, 6.07) is 0. The Bertz CT molecular complexity index is 893. The summed E-state index contributed by atoms with van der Waals surface area (Å²) in [7, 11) is -4.16. The molecule has 2 aliphatic heterocycles. The second kappa shape index (κ2) is 11.0. The molecule has 12 heteroatoms. The van der Waals surface area contributed by atoms with Crippen molar-refractivity contribution in [3.05, 3.63) is 12.7 Å². The van der Waals surface area contributed by atoms with Crippen LogP contribution in [0.1, 0.15) is 48.0 Å². The van der Waals surface area contributed by atoms with E-state index in [1.807, 2.05) is 26.2 Å². The molecule has 2 aliphatic rings. The third-order valence-electron chi connectivity index (χ3n) is 8.77. The summed E-state index contributed by atoms with van der Waals surface area (Å²) < 4.78 is 35.9. The standard InChI is InChI=1S/C26H48O10Si2/c1-13-14-17(27)18(35-37(9,10)23(2,3)4)20(36-38(11,12)24(5,6)7)25-15-32-22(30)26(25,34-16-33-25)19(28)21(29)31-8/h13,17-20,27-28H,1,14-16H2,2-12H3/t17-,18+,19+,20+,25+,26+/m0/s1. The zero-order chi connectivity index (χ0) is 29.5. The summed E-state index contributed by atoms with van der Waals surface area (Å²) in [4.78, 5) is 25.9. The number of ether oxygens (including phenoxy) is 4. The molecule has 0 amide bonds. The number of hydrogen-bond acceptors (Lipinski definition) is 10. The third-order valence-corrected chi connectivity index (χ3v) is 17.7. The van der Waals surface area contributed by atoms with E-state index in [1.54, 1.807) is 6.08 Å². The molecule has 0 aromatic rings. The van der Waals surface area contributed by atoms with Gasteiger partial charge in [0.05, 0.1) is 19.3 Å². The topological polar surface area (TPSA) is 130 Å². The Morgan fingerprint density at radius 2 is 1.58 bits per heavy atom. The molecule has 38 heavy (non-hydrogen) atoms. The van der Waals surface area contributed by atoms with E-state index in [0.717, 1.165) is 7.11 Å². The van der Waals surface area contributed by atoms with Crippen LogP contribution >= 0.6 is 0 Å². The fourth-order valence-electron chi connectivity index (χ4n) is 4.28. The number of aliphatic hydroxyl groups is 2. The van der Waals surface area contributed by atoms with Gasteiger partial charge in [-0.2, -0.15) is 0 Å². The Hall–Kier alpha value is -1.13. The highest BCUT2D eigenvalue weighted by Crippen LogP contribution is 2.52. The Labute approximate surface area is 229 Å². The van der Waals surface area contributed by atoms with Crippen LogP contribution in [0.2, 0.25) is 36.3 Å². The largest absolute Gasteiger partial charge is 0.467 e. The van der Waals surface area contributed by atoms with Gasteiger partial charge in [-0.05, 0) is 42.7 Å². The van der Waals surface area contributed by atoms with Crippen LogP contribution in [0.3, 0.4) is 0 Å². The molecular formula is C26H48O10Si2. The molecule has 2 N–H and O–H groups in total. The Morgan fingerprint density at radius 3 is 2.05 bits per heavy atom. The molecule has 0 spiro atoms. The normalized spacial score (nSPS) is 27.8. The summed E-state index contributed by atoms with van der Waals surface area (Å²) >= 11 is 0. The van der Waals surface area contributed by atoms with E-state index in [-0.39, 0.29) is 23.1 Å². The summed E-state index contributed by atoms with van der Waals surface area (Å²) in [6.45, 7) is 23.5. The highest BCUT2D eigenvalue weighted by atomic mass is 28.4. The van der Waals surface area contributed by atoms with Gasteiger partial charge in [0, 0.05) is 0 Å². The molecule has 2 heterocycles. The minimum absolute atomic E-state index is 0.162. The molecule has 0 aromatic heterocycles. The molecule has 220 valence electrons. The second-order valence-electron chi connectivity index (χ2n) is 13.3. The summed E-state index contributed by atoms with van der Waals surface area (Å²) in [5, 5.41) is 22.2. The van der Waals surface area contributed by atoms with E-state index < -0.39 is 71.0 Å². The van der Waals surface area contributed by atoms with Crippen LogP contribution in [0.5, 0.6) is 0 Å². The number of aliphatic hydroxyl groups excluding tert-OH is 2. The lowest BCUT2D eigenvalue weighted by Gasteiger charge is -2.51. The average molecular weight is 577 g/mol. The zero-order valence-electron chi connectivity index (χ0n) is 24.9. The third kappa shape index (κ3) is 5.55. The molecule has 0 saturated carbocycles. The van der Waals surface area contributed by atoms with Crippen LogP contribution in [-0.2, 0) is 37.4 Å². The number of hydrogen-bond donors (Lipinski definition) is 2.